The van der Waals surface area contributed by atoms with Crippen LogP contribution in [0, 0.1) is 17.2 Å². The molecule has 0 aliphatic rings. The van der Waals surface area contributed by atoms with Gasteiger partial charge in [0.1, 0.15) is 17.0 Å². The summed E-state index contributed by atoms with van der Waals surface area (Å²) >= 11 is 0. The van der Waals surface area contributed by atoms with Crippen molar-refractivity contribution in [2.45, 2.75) is 39.2 Å². The van der Waals surface area contributed by atoms with E-state index >= 15 is 0 Å². The van der Waals surface area contributed by atoms with Gasteiger partial charge in [0.05, 0.1) is 20.3 Å². The highest BCUT2D eigenvalue weighted by atomic mass is 16.5. The molecule has 1 amide bonds. The van der Waals surface area contributed by atoms with Gasteiger partial charge in [-0.2, -0.15) is 5.26 Å². The lowest BCUT2D eigenvalue weighted by molar-refractivity contribution is -0.122. The van der Waals surface area contributed by atoms with E-state index in [2.05, 4.69) is 11.4 Å². The van der Waals surface area contributed by atoms with Crippen LogP contribution in [0.3, 0.4) is 0 Å². The second-order valence-electron chi connectivity index (χ2n) is 5.74. The number of carbonyl (C=O) groups is 1. The average molecular weight is 304 g/mol. The van der Waals surface area contributed by atoms with Crippen LogP contribution in [0.15, 0.2) is 18.2 Å². The number of nitriles is 1. The fraction of sp³-hybridized carbons (Fsp3) is 0.529. The summed E-state index contributed by atoms with van der Waals surface area (Å²) in [5, 5.41) is 12.0. The zero-order valence-corrected chi connectivity index (χ0v) is 13.9. The second kappa shape index (κ2) is 7.69. The molecule has 1 rings (SSSR count). The molecule has 0 saturated carbocycles. The molecule has 1 atom stereocenters. The van der Waals surface area contributed by atoms with Gasteiger partial charge >= 0.3 is 0 Å². The van der Waals surface area contributed by atoms with Gasteiger partial charge in [0.25, 0.3) is 0 Å². The summed E-state index contributed by atoms with van der Waals surface area (Å²) in [6.07, 6.45) is 0.860. The van der Waals surface area contributed by atoms with E-state index in [1.54, 1.807) is 27.2 Å². The fourth-order valence-electron chi connectivity index (χ4n) is 1.92. The van der Waals surface area contributed by atoms with E-state index in [4.69, 9.17) is 9.47 Å². The predicted molar refractivity (Wildman–Crippen MR) is 84.9 cm³/mol. The molecule has 0 unspecified atom stereocenters. The SMILES string of the molecule is COc1cc(CCC(=O)N[C@](C)(C#N)C(C)C)cc(OC)c1. The Kier molecular flexibility index (Phi) is 6.24. The molecule has 0 heterocycles. The van der Waals surface area contributed by atoms with E-state index in [1.807, 2.05) is 26.0 Å². The highest BCUT2D eigenvalue weighted by Crippen LogP contribution is 2.23. The molecule has 5 heteroatoms. The van der Waals surface area contributed by atoms with Crippen LogP contribution < -0.4 is 14.8 Å². The van der Waals surface area contributed by atoms with E-state index in [-0.39, 0.29) is 11.8 Å². The van der Waals surface area contributed by atoms with E-state index in [0.29, 0.717) is 24.3 Å². The maximum absolute atomic E-state index is 12.1. The molecule has 0 aliphatic heterocycles. The van der Waals surface area contributed by atoms with Crippen molar-refractivity contribution >= 4 is 5.91 Å². The van der Waals surface area contributed by atoms with Gasteiger partial charge in [-0.3, -0.25) is 4.79 Å². The molecular formula is C17H24N2O3. The number of amides is 1. The first-order valence-electron chi connectivity index (χ1n) is 7.29. The van der Waals surface area contributed by atoms with Gasteiger partial charge in [-0.15, -0.1) is 0 Å². The van der Waals surface area contributed by atoms with Crippen LogP contribution in [0.1, 0.15) is 32.8 Å². The average Bonchev–Trinajstić information content (AvgIpc) is 2.52. The Balaban J connectivity index is 2.70. The Morgan fingerprint density at radius 3 is 2.23 bits per heavy atom. The Morgan fingerprint density at radius 2 is 1.82 bits per heavy atom. The van der Waals surface area contributed by atoms with Crippen LogP contribution in [-0.2, 0) is 11.2 Å². The molecule has 0 saturated heterocycles. The molecule has 0 aliphatic carbocycles. The molecule has 5 nitrogen and oxygen atoms in total. The molecule has 120 valence electrons. The number of hydrogen-bond acceptors (Lipinski definition) is 4. The third-order valence-corrected chi connectivity index (χ3v) is 3.84. The topological polar surface area (TPSA) is 71.3 Å². The van der Waals surface area contributed by atoms with Gasteiger partial charge in [0.15, 0.2) is 0 Å². The molecule has 22 heavy (non-hydrogen) atoms. The van der Waals surface area contributed by atoms with E-state index in [1.165, 1.54) is 0 Å². The van der Waals surface area contributed by atoms with Crippen molar-refractivity contribution in [1.29, 1.82) is 5.26 Å². The Hall–Kier alpha value is -2.22. The summed E-state index contributed by atoms with van der Waals surface area (Å²) in [5.74, 6) is 1.29. The number of benzene rings is 1. The lowest BCUT2D eigenvalue weighted by Gasteiger charge is -2.27. The molecule has 0 radical (unpaired) electrons. The number of rotatable bonds is 7. The Labute approximate surface area is 132 Å². The minimum atomic E-state index is -0.844. The molecule has 0 aromatic heterocycles. The number of hydrogen-bond donors (Lipinski definition) is 1. The van der Waals surface area contributed by atoms with Crippen molar-refractivity contribution in [1.82, 2.24) is 5.32 Å². The van der Waals surface area contributed by atoms with Gasteiger partial charge in [-0.25, -0.2) is 0 Å². The lowest BCUT2D eigenvalue weighted by atomic mass is 9.90. The van der Waals surface area contributed by atoms with Crippen LogP contribution in [0.2, 0.25) is 0 Å². The van der Waals surface area contributed by atoms with Crippen LogP contribution >= 0.6 is 0 Å². The van der Waals surface area contributed by atoms with Crippen molar-refractivity contribution < 1.29 is 14.3 Å². The van der Waals surface area contributed by atoms with Crippen molar-refractivity contribution in [3.63, 3.8) is 0 Å². The normalized spacial score (nSPS) is 13.1. The molecular weight excluding hydrogens is 280 g/mol. The second-order valence-corrected chi connectivity index (χ2v) is 5.74. The molecule has 1 aromatic carbocycles. The van der Waals surface area contributed by atoms with Gasteiger partial charge in [-0.1, -0.05) is 13.8 Å². The number of ether oxygens (including phenoxy) is 2. The van der Waals surface area contributed by atoms with Gasteiger partial charge in [-0.05, 0) is 37.0 Å². The van der Waals surface area contributed by atoms with Crippen LogP contribution in [0.4, 0.5) is 0 Å². The first-order chi connectivity index (χ1) is 10.3. The van der Waals surface area contributed by atoms with Crippen LogP contribution in [0.5, 0.6) is 11.5 Å². The summed E-state index contributed by atoms with van der Waals surface area (Å²) in [6, 6.07) is 7.71. The smallest absolute Gasteiger partial charge is 0.221 e. The largest absolute Gasteiger partial charge is 0.497 e. The molecule has 0 spiro atoms. The minimum Gasteiger partial charge on any atom is -0.497 e. The molecule has 1 N–H and O–H groups in total. The maximum Gasteiger partial charge on any atom is 0.221 e. The highest BCUT2D eigenvalue weighted by molar-refractivity contribution is 5.77. The zero-order valence-electron chi connectivity index (χ0n) is 13.9. The minimum absolute atomic E-state index is 0.0402. The summed E-state index contributed by atoms with van der Waals surface area (Å²) in [6.45, 7) is 5.57. The first kappa shape index (κ1) is 17.8. The summed E-state index contributed by atoms with van der Waals surface area (Å²) in [4.78, 5) is 12.1. The number of carbonyl (C=O) groups excluding carboxylic acids is 1. The van der Waals surface area contributed by atoms with E-state index in [9.17, 15) is 10.1 Å². The number of nitrogens with zero attached hydrogens (tertiary/aromatic N) is 1. The number of aryl methyl sites for hydroxylation is 1. The third-order valence-electron chi connectivity index (χ3n) is 3.84. The number of methoxy groups -OCH3 is 2. The lowest BCUT2D eigenvalue weighted by Crippen LogP contribution is -2.48. The fourth-order valence-corrected chi connectivity index (χ4v) is 1.92. The molecule has 0 fully saturated rings. The third kappa shape index (κ3) is 4.66. The van der Waals surface area contributed by atoms with Crippen molar-refractivity contribution in [3.05, 3.63) is 23.8 Å². The predicted octanol–water partition coefficient (Wildman–Crippen LogP) is 2.69. The first-order valence-corrected chi connectivity index (χ1v) is 7.29. The number of nitrogens with one attached hydrogen (secondary N) is 1. The monoisotopic (exact) mass is 304 g/mol. The van der Waals surface area contributed by atoms with E-state index in [0.717, 1.165) is 5.56 Å². The van der Waals surface area contributed by atoms with Crippen LogP contribution in [0.25, 0.3) is 0 Å². The maximum atomic E-state index is 12.1. The van der Waals surface area contributed by atoms with Gasteiger partial charge < -0.3 is 14.8 Å². The molecule has 0 bridgehead atoms. The van der Waals surface area contributed by atoms with Crippen LogP contribution in [-0.4, -0.2) is 25.7 Å². The Morgan fingerprint density at radius 1 is 1.27 bits per heavy atom. The van der Waals surface area contributed by atoms with Crippen molar-refractivity contribution in [3.8, 4) is 17.6 Å². The highest BCUT2D eigenvalue weighted by Gasteiger charge is 2.29. The van der Waals surface area contributed by atoms with Gasteiger partial charge in [0.2, 0.25) is 5.91 Å². The molecule has 1 aromatic rings. The Bertz CT molecular complexity index is 541. The van der Waals surface area contributed by atoms with Crippen molar-refractivity contribution in [2.24, 2.45) is 5.92 Å². The quantitative estimate of drug-likeness (QED) is 0.840. The standard InChI is InChI=1S/C17H24N2O3/c1-12(2)17(3,11-18)19-16(20)7-6-13-8-14(21-4)10-15(9-13)22-5/h8-10,12H,6-7H2,1-5H3,(H,19,20)/t17-/m1/s1. The summed E-state index contributed by atoms with van der Waals surface area (Å²) < 4.78 is 10.4. The van der Waals surface area contributed by atoms with Crippen molar-refractivity contribution in [2.75, 3.05) is 14.2 Å². The summed E-state index contributed by atoms with van der Waals surface area (Å²) in [7, 11) is 3.18. The van der Waals surface area contributed by atoms with E-state index < -0.39 is 5.54 Å². The zero-order chi connectivity index (χ0) is 16.8. The van der Waals surface area contributed by atoms with Gasteiger partial charge in [0, 0.05) is 12.5 Å². The summed E-state index contributed by atoms with van der Waals surface area (Å²) in [5.41, 5.74) is 0.109.